The Balaban J connectivity index is 1.93. The van der Waals surface area contributed by atoms with Gasteiger partial charge in [0, 0.05) is 11.0 Å². The largest absolute Gasteiger partial charge is 0.483 e. The molecular weight excluding hydrogens is 268 g/mol. The molecule has 2 nitrogen and oxygen atoms in total. The van der Waals surface area contributed by atoms with Crippen molar-refractivity contribution in [3.8, 4) is 0 Å². The highest BCUT2D eigenvalue weighted by Gasteiger charge is 2.24. The van der Waals surface area contributed by atoms with E-state index in [-0.39, 0.29) is 6.10 Å². The number of aryl methyl sites for hydroxylation is 1. The maximum Gasteiger partial charge on any atom is 0.136 e. The topological polar surface area (TPSA) is 26.3 Å². The Hall–Kier alpha value is -1.87. The van der Waals surface area contributed by atoms with Crippen molar-refractivity contribution in [2.45, 2.75) is 13.0 Å². The van der Waals surface area contributed by atoms with E-state index < -0.39 is 10.8 Å². The summed E-state index contributed by atoms with van der Waals surface area (Å²) in [4.78, 5) is 0. The third-order valence-corrected chi connectivity index (χ3v) is 4.53. The molecule has 0 saturated heterocycles. The van der Waals surface area contributed by atoms with Crippen molar-refractivity contribution in [1.29, 1.82) is 0 Å². The van der Waals surface area contributed by atoms with E-state index in [1.807, 2.05) is 48.5 Å². The summed E-state index contributed by atoms with van der Waals surface area (Å²) in [5, 5.41) is 1.71. The molecule has 1 heterocycles. The van der Waals surface area contributed by atoms with E-state index >= 15 is 0 Å². The van der Waals surface area contributed by atoms with Crippen LogP contribution in [0.1, 0.15) is 22.8 Å². The Morgan fingerprint density at radius 2 is 1.75 bits per heavy atom. The van der Waals surface area contributed by atoms with E-state index in [9.17, 15) is 4.21 Å². The molecule has 2 unspecified atom stereocenters. The Bertz CT molecular complexity index is 662. The number of hydrogen-bond donors (Lipinski definition) is 0. The second-order valence-electron chi connectivity index (χ2n) is 4.86. The molecule has 1 aliphatic rings. The lowest BCUT2D eigenvalue weighted by atomic mass is 10.0. The Morgan fingerprint density at radius 1 is 1.05 bits per heavy atom. The fraction of sp³-hybridized carbons (Fsp3) is 0.176. The minimum atomic E-state index is -0.997. The van der Waals surface area contributed by atoms with Crippen LogP contribution in [0, 0.1) is 6.92 Å². The van der Waals surface area contributed by atoms with Crippen molar-refractivity contribution in [3.63, 3.8) is 0 Å². The summed E-state index contributed by atoms with van der Waals surface area (Å²) < 4.78 is 18.2. The molecule has 3 rings (SSSR count). The maximum atomic E-state index is 12.1. The lowest BCUT2D eigenvalue weighted by Gasteiger charge is -2.25. The molecule has 0 amide bonds. The molecule has 0 aliphatic carbocycles. The molecule has 20 heavy (non-hydrogen) atoms. The van der Waals surface area contributed by atoms with E-state index in [1.54, 1.807) is 5.41 Å². The molecule has 1 aliphatic heterocycles. The molecule has 0 saturated carbocycles. The third kappa shape index (κ3) is 2.68. The summed E-state index contributed by atoms with van der Waals surface area (Å²) >= 11 is 0. The van der Waals surface area contributed by atoms with Gasteiger partial charge in [-0.1, -0.05) is 54.6 Å². The summed E-state index contributed by atoms with van der Waals surface area (Å²) in [5.74, 6) is 1.23. The molecule has 0 fully saturated rings. The van der Waals surface area contributed by atoms with Crippen molar-refractivity contribution >= 4 is 16.6 Å². The molecule has 3 heteroatoms. The highest BCUT2D eigenvalue weighted by atomic mass is 32.2. The van der Waals surface area contributed by atoms with Crippen LogP contribution in [0.25, 0.3) is 5.76 Å². The molecule has 0 spiro atoms. The summed E-state index contributed by atoms with van der Waals surface area (Å²) in [6.45, 7) is 2.06. The van der Waals surface area contributed by atoms with Crippen LogP contribution in [0.3, 0.4) is 0 Å². The molecule has 0 bridgehead atoms. The van der Waals surface area contributed by atoms with Gasteiger partial charge in [0.25, 0.3) is 0 Å². The zero-order chi connectivity index (χ0) is 13.9. The van der Waals surface area contributed by atoms with E-state index in [2.05, 4.69) is 13.0 Å². The van der Waals surface area contributed by atoms with Gasteiger partial charge in [-0.15, -0.1) is 0 Å². The van der Waals surface area contributed by atoms with E-state index in [4.69, 9.17) is 4.74 Å². The summed E-state index contributed by atoms with van der Waals surface area (Å²) in [5.41, 5.74) is 3.25. The van der Waals surface area contributed by atoms with Gasteiger partial charge >= 0.3 is 0 Å². The smallest absolute Gasteiger partial charge is 0.136 e. The quantitative estimate of drug-likeness (QED) is 0.838. The Morgan fingerprint density at radius 3 is 2.50 bits per heavy atom. The normalized spacial score (nSPS) is 21.9. The lowest BCUT2D eigenvalue weighted by molar-refractivity contribution is 0.189. The zero-order valence-electron chi connectivity index (χ0n) is 11.3. The monoisotopic (exact) mass is 284 g/mol. The highest BCUT2D eigenvalue weighted by Crippen LogP contribution is 2.32. The molecule has 0 N–H and O–H groups in total. The maximum absolute atomic E-state index is 12.1. The SMILES string of the molecule is Cc1ccccc1C1CS(=O)C=C(c2ccccc2)O1. The number of hydrogen-bond acceptors (Lipinski definition) is 2. The first-order valence-electron chi connectivity index (χ1n) is 6.60. The van der Waals surface area contributed by atoms with Crippen LogP contribution in [0.4, 0.5) is 0 Å². The number of ether oxygens (including phenoxy) is 1. The van der Waals surface area contributed by atoms with Crippen molar-refractivity contribution in [2.75, 3.05) is 5.75 Å². The van der Waals surface area contributed by atoms with E-state index in [0.717, 1.165) is 11.1 Å². The molecule has 0 aromatic heterocycles. The second kappa shape index (κ2) is 5.63. The lowest BCUT2D eigenvalue weighted by Crippen LogP contribution is -2.17. The highest BCUT2D eigenvalue weighted by molar-refractivity contribution is 7.88. The molecule has 2 atom stereocenters. The first-order chi connectivity index (χ1) is 9.74. The fourth-order valence-corrected chi connectivity index (χ4v) is 3.44. The average molecular weight is 284 g/mol. The summed E-state index contributed by atoms with van der Waals surface area (Å²) in [6, 6.07) is 17.9. The van der Waals surface area contributed by atoms with Crippen molar-refractivity contribution in [1.82, 2.24) is 0 Å². The fourth-order valence-electron chi connectivity index (χ4n) is 2.37. The predicted molar refractivity (Wildman–Crippen MR) is 82.4 cm³/mol. The molecular formula is C17H16O2S. The third-order valence-electron chi connectivity index (χ3n) is 3.42. The van der Waals surface area contributed by atoms with Crippen LogP contribution >= 0.6 is 0 Å². The van der Waals surface area contributed by atoms with Gasteiger partial charge in [0.15, 0.2) is 0 Å². The van der Waals surface area contributed by atoms with Gasteiger partial charge in [0.1, 0.15) is 11.9 Å². The first-order valence-corrected chi connectivity index (χ1v) is 7.99. The van der Waals surface area contributed by atoms with Crippen LogP contribution in [0.5, 0.6) is 0 Å². The minimum absolute atomic E-state index is 0.141. The van der Waals surface area contributed by atoms with Crippen LogP contribution in [0.2, 0.25) is 0 Å². The Kier molecular flexibility index (Phi) is 3.70. The van der Waals surface area contributed by atoms with E-state index in [1.165, 1.54) is 5.56 Å². The molecule has 102 valence electrons. The average Bonchev–Trinajstić information content (AvgIpc) is 2.48. The zero-order valence-corrected chi connectivity index (χ0v) is 12.1. The van der Waals surface area contributed by atoms with Gasteiger partial charge in [0.2, 0.25) is 0 Å². The molecule has 2 aromatic carbocycles. The second-order valence-corrected chi connectivity index (χ2v) is 6.19. The molecule has 0 radical (unpaired) electrons. The van der Waals surface area contributed by atoms with E-state index in [0.29, 0.717) is 11.5 Å². The van der Waals surface area contributed by atoms with Gasteiger partial charge in [-0.3, -0.25) is 4.21 Å². The summed E-state index contributed by atoms with van der Waals surface area (Å²) in [7, 11) is -0.997. The van der Waals surface area contributed by atoms with Crippen LogP contribution in [-0.4, -0.2) is 9.96 Å². The first kappa shape index (κ1) is 13.1. The van der Waals surface area contributed by atoms with Gasteiger partial charge < -0.3 is 4.74 Å². The van der Waals surface area contributed by atoms with Crippen LogP contribution in [-0.2, 0) is 15.5 Å². The Labute approximate surface area is 121 Å². The van der Waals surface area contributed by atoms with Crippen LogP contribution < -0.4 is 0 Å². The number of benzene rings is 2. The molecule has 2 aromatic rings. The summed E-state index contributed by atoms with van der Waals surface area (Å²) in [6.07, 6.45) is -0.141. The van der Waals surface area contributed by atoms with Crippen molar-refractivity contribution in [2.24, 2.45) is 0 Å². The van der Waals surface area contributed by atoms with Crippen molar-refractivity contribution in [3.05, 3.63) is 76.7 Å². The van der Waals surface area contributed by atoms with Crippen LogP contribution in [0.15, 0.2) is 60.0 Å². The van der Waals surface area contributed by atoms with Gasteiger partial charge in [-0.05, 0) is 18.1 Å². The number of rotatable bonds is 2. The van der Waals surface area contributed by atoms with Crippen molar-refractivity contribution < 1.29 is 8.95 Å². The van der Waals surface area contributed by atoms with Gasteiger partial charge in [-0.2, -0.15) is 0 Å². The van der Waals surface area contributed by atoms with Gasteiger partial charge in [-0.25, -0.2) is 0 Å². The van der Waals surface area contributed by atoms with Gasteiger partial charge in [0.05, 0.1) is 16.6 Å². The standard InChI is InChI=1S/C17H16O2S/c1-13-7-5-6-10-15(13)17-12-20(18)11-16(19-17)14-8-3-2-4-9-14/h2-11,17H,12H2,1H3. The predicted octanol–water partition coefficient (Wildman–Crippen LogP) is 3.81. The minimum Gasteiger partial charge on any atom is -0.483 e.